The second kappa shape index (κ2) is 13.0. The summed E-state index contributed by atoms with van der Waals surface area (Å²) in [7, 11) is 1.55. The van der Waals surface area contributed by atoms with Gasteiger partial charge in [0, 0.05) is 31.4 Å². The Bertz CT molecular complexity index is 1280. The van der Waals surface area contributed by atoms with Gasteiger partial charge in [0.2, 0.25) is 0 Å². The number of esters is 1. The minimum atomic E-state index is -1.56. The number of aliphatic hydroxyl groups excluding tert-OH is 4. The molecule has 0 aromatic carbocycles. The molecule has 0 spiro atoms. The number of cyclic esters (lactones) is 1. The lowest BCUT2D eigenvalue weighted by atomic mass is 9.42. The number of carbonyl (C=O) groups excluding carboxylic acids is 1. The number of rotatable bonds is 7. The first kappa shape index (κ1) is 36.1. The van der Waals surface area contributed by atoms with Crippen molar-refractivity contribution >= 4 is 5.97 Å². The fraction of sp³-hybridized carbons (Fsp3) is 0.917. The molecular formula is C36H56O13. The fourth-order valence-electron chi connectivity index (χ4n) is 11.5. The molecule has 49 heavy (non-hydrogen) atoms. The number of hydrogen-bond acceptors (Lipinski definition) is 13. The van der Waals surface area contributed by atoms with Crippen LogP contribution in [0.2, 0.25) is 0 Å². The molecule has 7 aliphatic rings. The first-order valence-electron chi connectivity index (χ1n) is 18.3. The first-order valence-corrected chi connectivity index (χ1v) is 18.3. The Kier molecular flexibility index (Phi) is 9.60. The van der Waals surface area contributed by atoms with E-state index >= 15 is 0 Å². The SMILES string of the molecule is CO[C@@H]1C[C@H](O[C@@H]2CC[C@]3(C)[C@@H]4CC[C@]5(C)[C@H](C6=CC(=O)OC6)CC[C@]5(O)[C@H]4CC[C@]3(O)C2)O[C@H](C)[C@H]1O[C@H]1O[C@@H](CO)[C@H](O)[C@@H](O)[C@@H]1O. The third-order valence-electron chi connectivity index (χ3n) is 14.5. The smallest absolute Gasteiger partial charge is 0.331 e. The minimum Gasteiger partial charge on any atom is -0.458 e. The van der Waals surface area contributed by atoms with Crippen molar-refractivity contribution in [1.82, 2.24) is 0 Å². The predicted octanol–water partition coefficient (Wildman–Crippen LogP) is 1.08. The molecule has 0 bridgehead atoms. The maximum atomic E-state index is 12.5. The summed E-state index contributed by atoms with van der Waals surface area (Å²) >= 11 is 0. The molecule has 4 aliphatic carbocycles. The Hall–Kier alpha value is -1.23. The zero-order valence-electron chi connectivity index (χ0n) is 29.1. The molecule has 2 saturated heterocycles. The van der Waals surface area contributed by atoms with Gasteiger partial charge >= 0.3 is 5.97 Å². The lowest BCUT2D eigenvalue weighted by Crippen LogP contribution is -2.67. The van der Waals surface area contributed by atoms with Crippen molar-refractivity contribution in [2.75, 3.05) is 20.3 Å². The average molecular weight is 697 g/mol. The van der Waals surface area contributed by atoms with Crippen LogP contribution in [0.15, 0.2) is 11.6 Å². The highest BCUT2D eigenvalue weighted by atomic mass is 16.7. The molecule has 0 aromatic heterocycles. The van der Waals surface area contributed by atoms with Gasteiger partial charge in [0.25, 0.3) is 0 Å². The van der Waals surface area contributed by atoms with Gasteiger partial charge in [-0.1, -0.05) is 13.8 Å². The number of carbonyl (C=O) groups is 1. The van der Waals surface area contributed by atoms with Crippen LogP contribution in [0.5, 0.6) is 0 Å². The number of methoxy groups -OCH3 is 1. The molecule has 6 fully saturated rings. The van der Waals surface area contributed by atoms with Crippen molar-refractivity contribution < 1.29 is 63.9 Å². The predicted molar refractivity (Wildman–Crippen MR) is 170 cm³/mol. The number of aliphatic hydroxyl groups is 6. The second-order valence-corrected chi connectivity index (χ2v) is 16.6. The summed E-state index contributed by atoms with van der Waals surface area (Å²) in [5.74, 6) is 0.0783. The Morgan fingerprint density at radius 2 is 1.63 bits per heavy atom. The highest BCUT2D eigenvalue weighted by molar-refractivity contribution is 5.85. The van der Waals surface area contributed by atoms with E-state index in [9.17, 15) is 35.4 Å². The summed E-state index contributed by atoms with van der Waals surface area (Å²) in [4.78, 5) is 11.9. The van der Waals surface area contributed by atoms with Gasteiger partial charge in [-0.15, -0.1) is 0 Å². The highest BCUT2D eigenvalue weighted by Gasteiger charge is 2.70. The van der Waals surface area contributed by atoms with Crippen molar-refractivity contribution in [2.45, 2.75) is 158 Å². The average Bonchev–Trinajstić information content (AvgIpc) is 3.61. The lowest BCUT2D eigenvalue weighted by Gasteiger charge is -2.66. The zero-order valence-corrected chi connectivity index (χ0v) is 29.1. The van der Waals surface area contributed by atoms with Gasteiger partial charge in [-0.2, -0.15) is 0 Å². The van der Waals surface area contributed by atoms with Crippen LogP contribution in [0.4, 0.5) is 0 Å². The Morgan fingerprint density at radius 1 is 0.898 bits per heavy atom. The van der Waals surface area contributed by atoms with Gasteiger partial charge in [0.15, 0.2) is 12.6 Å². The van der Waals surface area contributed by atoms with E-state index in [-0.39, 0.29) is 40.7 Å². The normalized spacial score (nSPS) is 54.4. The summed E-state index contributed by atoms with van der Waals surface area (Å²) in [6.07, 6.45) is -1.10. The van der Waals surface area contributed by atoms with Gasteiger partial charge in [0.05, 0.1) is 36.1 Å². The molecule has 0 amide bonds. The molecule has 278 valence electrons. The van der Waals surface area contributed by atoms with Crippen LogP contribution in [0.25, 0.3) is 0 Å². The maximum absolute atomic E-state index is 12.5. The zero-order chi connectivity index (χ0) is 35.1. The van der Waals surface area contributed by atoms with E-state index in [0.717, 1.165) is 44.1 Å². The summed E-state index contributed by atoms with van der Waals surface area (Å²) in [6.45, 7) is 5.98. The molecule has 0 radical (unpaired) electrons. The Labute approximate surface area is 287 Å². The van der Waals surface area contributed by atoms with Gasteiger partial charge in [-0.05, 0) is 87.0 Å². The molecule has 17 atom stereocenters. The largest absolute Gasteiger partial charge is 0.458 e. The van der Waals surface area contributed by atoms with Crippen molar-refractivity contribution in [1.29, 1.82) is 0 Å². The number of fused-ring (bicyclic) bond motifs is 5. The topological polar surface area (TPSA) is 194 Å². The quantitative estimate of drug-likeness (QED) is 0.164. The molecule has 3 heterocycles. The van der Waals surface area contributed by atoms with Gasteiger partial charge < -0.3 is 59.1 Å². The van der Waals surface area contributed by atoms with E-state index in [2.05, 4.69) is 13.8 Å². The maximum Gasteiger partial charge on any atom is 0.331 e. The van der Waals surface area contributed by atoms with Crippen LogP contribution in [0, 0.1) is 28.6 Å². The monoisotopic (exact) mass is 696 g/mol. The van der Waals surface area contributed by atoms with E-state index in [4.69, 9.17) is 28.4 Å². The highest BCUT2D eigenvalue weighted by Crippen LogP contribution is 2.70. The van der Waals surface area contributed by atoms with Gasteiger partial charge in [-0.3, -0.25) is 0 Å². The summed E-state index contributed by atoms with van der Waals surface area (Å²) in [5.41, 5.74) is -1.52. The third kappa shape index (κ3) is 5.65. The number of hydrogen-bond donors (Lipinski definition) is 6. The molecule has 0 aromatic rings. The van der Waals surface area contributed by atoms with Gasteiger partial charge in [-0.25, -0.2) is 4.79 Å². The summed E-state index contributed by atoms with van der Waals surface area (Å²) in [5, 5.41) is 65.4. The molecular weight excluding hydrogens is 640 g/mol. The van der Waals surface area contributed by atoms with Gasteiger partial charge in [0.1, 0.15) is 37.1 Å². The third-order valence-corrected chi connectivity index (χ3v) is 14.5. The van der Waals surface area contributed by atoms with Crippen molar-refractivity contribution in [3.8, 4) is 0 Å². The molecule has 7 rings (SSSR count). The molecule has 13 heteroatoms. The number of ether oxygens (including phenoxy) is 6. The van der Waals surface area contributed by atoms with Crippen LogP contribution in [0.1, 0.15) is 85.0 Å². The lowest BCUT2D eigenvalue weighted by molar-refractivity contribution is -0.347. The molecule has 6 N–H and O–H groups in total. The van der Waals surface area contributed by atoms with Crippen LogP contribution < -0.4 is 0 Å². The van der Waals surface area contributed by atoms with Crippen LogP contribution in [-0.4, -0.2) is 130 Å². The Morgan fingerprint density at radius 3 is 2.33 bits per heavy atom. The fourth-order valence-corrected chi connectivity index (χ4v) is 11.5. The summed E-state index contributed by atoms with van der Waals surface area (Å²) in [6, 6.07) is 0. The van der Waals surface area contributed by atoms with Crippen LogP contribution in [0.3, 0.4) is 0 Å². The van der Waals surface area contributed by atoms with Crippen LogP contribution >= 0.6 is 0 Å². The first-order chi connectivity index (χ1) is 23.2. The van der Waals surface area contributed by atoms with E-state index < -0.39 is 73.1 Å². The van der Waals surface area contributed by atoms with Crippen LogP contribution in [-0.2, 0) is 33.2 Å². The van der Waals surface area contributed by atoms with E-state index in [0.29, 0.717) is 32.3 Å². The molecule has 13 nitrogen and oxygen atoms in total. The standard InChI is InChI=1S/C36H56O13/c1-18-31(49-32-30(41)29(40)28(39)25(16-37)48-32)24(44-4)14-27(46-18)47-20-5-9-33(2)22-6-10-34(3)21(19-13-26(38)45-17-19)8-12-36(34,43)23(22)7-11-35(33,42)15-20/h13,18,20-25,27-32,37,39-43H,5-12,14-17H2,1-4H3/t18-,20-,21+,22-,23+,24-,25+,27+,28+,29-,30+,31-,32-,33-,34-,35+,36+/m1/s1. The van der Waals surface area contributed by atoms with E-state index in [1.807, 2.05) is 0 Å². The van der Waals surface area contributed by atoms with E-state index in [1.165, 1.54) is 0 Å². The summed E-state index contributed by atoms with van der Waals surface area (Å²) < 4.78 is 35.4. The molecule has 0 unspecified atom stereocenters. The molecule has 3 aliphatic heterocycles. The minimum absolute atomic E-state index is 0.0724. The molecule has 4 saturated carbocycles. The van der Waals surface area contributed by atoms with Crippen molar-refractivity contribution in [3.63, 3.8) is 0 Å². The second-order valence-electron chi connectivity index (χ2n) is 16.6. The van der Waals surface area contributed by atoms with Crippen molar-refractivity contribution in [2.24, 2.45) is 28.6 Å². The van der Waals surface area contributed by atoms with E-state index in [1.54, 1.807) is 20.1 Å². The van der Waals surface area contributed by atoms with Crippen molar-refractivity contribution in [3.05, 3.63) is 11.6 Å². The Balaban J connectivity index is 0.994.